The van der Waals surface area contributed by atoms with Gasteiger partial charge in [-0.05, 0) is 69.7 Å². The topological polar surface area (TPSA) is 52.7 Å². The van der Waals surface area contributed by atoms with E-state index in [1.807, 2.05) is 30.0 Å². The predicted octanol–water partition coefficient (Wildman–Crippen LogP) is 4.85. The number of piperidine rings is 1. The highest BCUT2D eigenvalue weighted by Crippen LogP contribution is 2.39. The lowest BCUT2D eigenvalue weighted by atomic mass is 9.84. The molecular weight excluding hydrogens is 460 g/mol. The smallest absolute Gasteiger partial charge is 0.251 e. The van der Waals surface area contributed by atoms with Crippen LogP contribution < -0.4 is 5.32 Å². The molecule has 4 rings (SSSR count). The molecular formula is C29H37F2N3O2. The minimum atomic E-state index is -0.612. The molecule has 2 aromatic rings. The number of nitrogens with zero attached hydrogens (tertiary/aromatic N) is 2. The maximum atomic E-state index is 14.8. The van der Waals surface area contributed by atoms with Crippen LogP contribution in [0, 0.1) is 24.5 Å². The van der Waals surface area contributed by atoms with Gasteiger partial charge in [-0.1, -0.05) is 23.8 Å². The molecule has 2 amide bonds. The molecule has 5 nitrogen and oxygen atoms in total. The molecule has 2 aliphatic heterocycles. The SMILES string of the molecule is CNC(=O)c1cc(C)ccc1C1CCN(C(=O)[C@@H]2CN(C(C)(C)C)C[C@H]2c2ccc(F)cc2F)CC1. The van der Waals surface area contributed by atoms with Crippen LogP contribution in [0.15, 0.2) is 36.4 Å². The van der Waals surface area contributed by atoms with Gasteiger partial charge in [-0.25, -0.2) is 8.78 Å². The van der Waals surface area contributed by atoms with Gasteiger partial charge in [0.1, 0.15) is 11.6 Å². The summed E-state index contributed by atoms with van der Waals surface area (Å²) >= 11 is 0. The summed E-state index contributed by atoms with van der Waals surface area (Å²) in [6.45, 7) is 10.5. The van der Waals surface area contributed by atoms with Gasteiger partial charge in [0.05, 0.1) is 5.92 Å². The quantitative estimate of drug-likeness (QED) is 0.657. The average Bonchev–Trinajstić information content (AvgIpc) is 3.29. The molecule has 0 aliphatic carbocycles. The van der Waals surface area contributed by atoms with E-state index < -0.39 is 11.6 Å². The zero-order valence-corrected chi connectivity index (χ0v) is 21.9. The molecule has 2 aliphatic rings. The lowest BCUT2D eigenvalue weighted by Crippen LogP contribution is -2.44. The molecule has 0 bridgehead atoms. The van der Waals surface area contributed by atoms with Crippen LogP contribution in [0.4, 0.5) is 8.78 Å². The second-order valence-electron chi connectivity index (χ2n) is 11.2. The van der Waals surface area contributed by atoms with Crippen LogP contribution in [0.5, 0.6) is 0 Å². The van der Waals surface area contributed by atoms with Gasteiger partial charge in [0, 0.05) is 56.3 Å². The normalized spacial score (nSPS) is 21.6. The Morgan fingerprint density at radius 3 is 2.25 bits per heavy atom. The third-order valence-corrected chi connectivity index (χ3v) is 7.87. The number of benzene rings is 2. The van der Waals surface area contributed by atoms with Crippen LogP contribution in [0.2, 0.25) is 0 Å². The Morgan fingerprint density at radius 1 is 0.972 bits per heavy atom. The predicted molar refractivity (Wildman–Crippen MR) is 137 cm³/mol. The van der Waals surface area contributed by atoms with Gasteiger partial charge in [-0.2, -0.15) is 0 Å². The van der Waals surface area contributed by atoms with Crippen molar-refractivity contribution in [1.29, 1.82) is 0 Å². The van der Waals surface area contributed by atoms with E-state index >= 15 is 0 Å². The summed E-state index contributed by atoms with van der Waals surface area (Å²) in [5.41, 5.74) is 3.00. The first-order chi connectivity index (χ1) is 17.0. The summed E-state index contributed by atoms with van der Waals surface area (Å²) in [5, 5.41) is 2.73. The largest absolute Gasteiger partial charge is 0.355 e. The second kappa shape index (κ2) is 10.3. The first-order valence-corrected chi connectivity index (χ1v) is 12.8. The van der Waals surface area contributed by atoms with Crippen molar-refractivity contribution in [2.24, 2.45) is 5.92 Å². The minimum Gasteiger partial charge on any atom is -0.355 e. The van der Waals surface area contributed by atoms with Gasteiger partial charge in [0.2, 0.25) is 5.91 Å². The van der Waals surface area contributed by atoms with Crippen molar-refractivity contribution in [2.75, 3.05) is 33.2 Å². The molecule has 2 aromatic carbocycles. The van der Waals surface area contributed by atoms with Crippen molar-refractivity contribution in [3.05, 3.63) is 70.3 Å². The molecule has 2 saturated heterocycles. The van der Waals surface area contributed by atoms with E-state index in [0.717, 1.165) is 30.0 Å². The number of halogens is 2. The number of hydrogen-bond donors (Lipinski definition) is 1. The number of nitrogens with one attached hydrogen (secondary N) is 1. The van der Waals surface area contributed by atoms with Crippen molar-refractivity contribution < 1.29 is 18.4 Å². The Hall–Kier alpha value is -2.80. The molecule has 0 spiro atoms. The van der Waals surface area contributed by atoms with E-state index in [0.29, 0.717) is 37.3 Å². The zero-order chi connectivity index (χ0) is 26.2. The maximum Gasteiger partial charge on any atom is 0.251 e. The highest BCUT2D eigenvalue weighted by atomic mass is 19.1. The monoisotopic (exact) mass is 497 g/mol. The van der Waals surface area contributed by atoms with Gasteiger partial charge < -0.3 is 10.2 Å². The van der Waals surface area contributed by atoms with Crippen molar-refractivity contribution in [3.63, 3.8) is 0 Å². The highest BCUT2D eigenvalue weighted by Gasteiger charge is 2.44. The lowest BCUT2D eigenvalue weighted by molar-refractivity contribution is -0.136. The minimum absolute atomic E-state index is 0.0318. The van der Waals surface area contributed by atoms with E-state index in [9.17, 15) is 18.4 Å². The summed E-state index contributed by atoms with van der Waals surface area (Å²) in [7, 11) is 1.64. The molecule has 7 heteroatoms. The summed E-state index contributed by atoms with van der Waals surface area (Å²) < 4.78 is 28.4. The Kier molecular flexibility index (Phi) is 7.51. The summed E-state index contributed by atoms with van der Waals surface area (Å²) in [6.07, 6.45) is 1.54. The highest BCUT2D eigenvalue weighted by molar-refractivity contribution is 5.96. The molecule has 0 aromatic heterocycles. The Labute approximate surface area is 212 Å². The van der Waals surface area contributed by atoms with Crippen LogP contribution >= 0.6 is 0 Å². The number of amides is 2. The van der Waals surface area contributed by atoms with E-state index in [1.54, 1.807) is 7.05 Å². The van der Waals surface area contributed by atoms with Gasteiger partial charge in [0.15, 0.2) is 0 Å². The van der Waals surface area contributed by atoms with Gasteiger partial charge >= 0.3 is 0 Å². The van der Waals surface area contributed by atoms with Gasteiger partial charge in [0.25, 0.3) is 5.91 Å². The van der Waals surface area contributed by atoms with Crippen LogP contribution in [0.3, 0.4) is 0 Å². The Balaban J connectivity index is 1.52. The van der Waals surface area contributed by atoms with Gasteiger partial charge in [-0.15, -0.1) is 0 Å². The Bertz CT molecular complexity index is 1140. The third-order valence-electron chi connectivity index (χ3n) is 7.87. The Morgan fingerprint density at radius 2 is 1.64 bits per heavy atom. The van der Waals surface area contributed by atoms with Crippen LogP contribution in [-0.2, 0) is 4.79 Å². The molecule has 1 N–H and O–H groups in total. The molecule has 2 atom stereocenters. The van der Waals surface area contributed by atoms with Crippen molar-refractivity contribution in [3.8, 4) is 0 Å². The van der Waals surface area contributed by atoms with Crippen LogP contribution in [-0.4, -0.2) is 60.4 Å². The van der Waals surface area contributed by atoms with Crippen molar-refractivity contribution >= 4 is 11.8 Å². The zero-order valence-electron chi connectivity index (χ0n) is 21.9. The van der Waals surface area contributed by atoms with Gasteiger partial charge in [-0.3, -0.25) is 14.5 Å². The first-order valence-electron chi connectivity index (χ1n) is 12.8. The fourth-order valence-corrected chi connectivity index (χ4v) is 5.72. The number of hydrogen-bond acceptors (Lipinski definition) is 3. The fourth-order valence-electron chi connectivity index (χ4n) is 5.72. The number of carbonyl (C=O) groups excluding carboxylic acids is 2. The number of likely N-dealkylation sites (tertiary alicyclic amines) is 2. The average molecular weight is 498 g/mol. The second-order valence-corrected chi connectivity index (χ2v) is 11.2. The van der Waals surface area contributed by atoms with E-state index in [4.69, 9.17) is 0 Å². The summed E-state index contributed by atoms with van der Waals surface area (Å²) in [4.78, 5) is 30.4. The number of carbonyl (C=O) groups is 2. The molecule has 194 valence electrons. The molecule has 0 saturated carbocycles. The first kappa shape index (κ1) is 26.3. The number of aryl methyl sites for hydroxylation is 1. The molecule has 2 heterocycles. The van der Waals surface area contributed by atoms with Crippen LogP contribution in [0.25, 0.3) is 0 Å². The number of rotatable bonds is 4. The van der Waals surface area contributed by atoms with E-state index in [2.05, 4.69) is 31.0 Å². The molecule has 2 fully saturated rings. The third kappa shape index (κ3) is 5.31. The molecule has 0 unspecified atom stereocenters. The lowest BCUT2D eigenvalue weighted by Gasteiger charge is -2.35. The van der Waals surface area contributed by atoms with E-state index in [-0.39, 0.29) is 35.1 Å². The molecule has 36 heavy (non-hydrogen) atoms. The van der Waals surface area contributed by atoms with Crippen molar-refractivity contribution in [1.82, 2.24) is 15.1 Å². The summed E-state index contributed by atoms with van der Waals surface area (Å²) in [6, 6.07) is 9.66. The van der Waals surface area contributed by atoms with Crippen molar-refractivity contribution in [2.45, 2.75) is 57.9 Å². The van der Waals surface area contributed by atoms with E-state index in [1.165, 1.54) is 12.1 Å². The summed E-state index contributed by atoms with van der Waals surface area (Å²) in [5.74, 6) is -1.78. The van der Waals surface area contributed by atoms with Crippen LogP contribution in [0.1, 0.15) is 72.5 Å². The standard InChI is InChI=1S/C29H37F2N3O2/c1-18-6-8-21(23(14-18)27(35)32-5)19-10-12-33(13-11-19)28(36)25-17-34(29(2,3)4)16-24(25)22-9-7-20(30)15-26(22)31/h6-9,14-15,19,24-25H,10-13,16-17H2,1-5H3,(H,32,35)/t24-,25+/m0/s1. The maximum absolute atomic E-state index is 14.8. The fraction of sp³-hybridized carbons (Fsp3) is 0.517. The molecule has 0 radical (unpaired) electrons.